The number of amides is 2. The average Bonchev–Trinajstić information content (AvgIpc) is 3.57. The van der Waals surface area contributed by atoms with Crippen LogP contribution in [0.5, 0.6) is 5.75 Å². The van der Waals surface area contributed by atoms with Crippen LogP contribution in [0.15, 0.2) is 36.4 Å². The number of carbonyl (C=O) groups excluding carboxylic acids is 3. The van der Waals surface area contributed by atoms with Crippen LogP contribution in [0.4, 0.5) is 13.2 Å². The summed E-state index contributed by atoms with van der Waals surface area (Å²) < 4.78 is 42.7. The van der Waals surface area contributed by atoms with Crippen molar-refractivity contribution < 1.29 is 46.9 Å². The summed E-state index contributed by atoms with van der Waals surface area (Å²) in [6, 6.07) is 10.6. The van der Waals surface area contributed by atoms with Crippen molar-refractivity contribution in [2.75, 3.05) is 27.3 Å². The number of esters is 1. The van der Waals surface area contributed by atoms with Crippen molar-refractivity contribution >= 4 is 47.0 Å². The SMILES string of the molecule is CCN1C(=O)[C@@H]2[C@@H](c3ccc(-c4ccc(Cl)c(Cl)c4)c(OC)c3)N3CCC[C@@]3(C(=O)OC)[C@@H]2C1=O.O=C(O)C(F)(F)F. The standard InChI is InChI=1S/C26H26Cl2N2O5.C2HF3O2/c1-4-29-23(31)20-21(24(29)32)26(25(33)35-3)10-5-11-30(26)22(20)15-6-8-16(19(13-15)34-2)14-7-9-17(27)18(28)12-14;3-2(4,5)1(6)7/h6-9,12-13,20-22H,4-5,10-11H2,1-3H3;(H,6,7)/t20-,21-,22+,26-;/m0./s1. The van der Waals surface area contributed by atoms with Crippen molar-refractivity contribution in [3.63, 3.8) is 0 Å². The predicted molar refractivity (Wildman–Crippen MR) is 145 cm³/mol. The zero-order valence-corrected chi connectivity index (χ0v) is 24.2. The van der Waals surface area contributed by atoms with E-state index in [0.717, 1.165) is 23.1 Å². The van der Waals surface area contributed by atoms with Crippen molar-refractivity contribution in [3.8, 4) is 16.9 Å². The van der Waals surface area contributed by atoms with Gasteiger partial charge in [-0.1, -0.05) is 41.4 Å². The van der Waals surface area contributed by atoms with E-state index in [9.17, 15) is 27.6 Å². The van der Waals surface area contributed by atoms with Gasteiger partial charge < -0.3 is 14.6 Å². The van der Waals surface area contributed by atoms with Crippen LogP contribution in [-0.2, 0) is 23.9 Å². The molecule has 0 aromatic heterocycles. The number of fused-ring (bicyclic) bond motifs is 3. The Bertz CT molecular complexity index is 1440. The highest BCUT2D eigenvalue weighted by atomic mass is 35.5. The first-order valence-corrected chi connectivity index (χ1v) is 13.6. The molecule has 0 aliphatic carbocycles. The number of imide groups is 1. The smallest absolute Gasteiger partial charge is 0.490 e. The summed E-state index contributed by atoms with van der Waals surface area (Å²) in [5, 5.41) is 8.02. The van der Waals surface area contributed by atoms with Gasteiger partial charge in [0.2, 0.25) is 11.8 Å². The number of methoxy groups -OCH3 is 2. The Morgan fingerprint density at radius 3 is 2.29 bits per heavy atom. The lowest BCUT2D eigenvalue weighted by atomic mass is 9.77. The van der Waals surface area contributed by atoms with Gasteiger partial charge in [0.15, 0.2) is 0 Å². The fourth-order valence-electron chi connectivity index (χ4n) is 6.36. The van der Waals surface area contributed by atoms with Gasteiger partial charge in [0.05, 0.1) is 36.1 Å². The number of hydrogen-bond acceptors (Lipinski definition) is 7. The molecule has 0 bridgehead atoms. The molecule has 4 atom stereocenters. The van der Waals surface area contributed by atoms with Gasteiger partial charge in [-0.25, -0.2) is 4.79 Å². The fraction of sp³-hybridized carbons (Fsp3) is 0.429. The number of carboxylic acids is 1. The van der Waals surface area contributed by atoms with Gasteiger partial charge in [-0.2, -0.15) is 13.2 Å². The first-order valence-electron chi connectivity index (χ1n) is 12.9. The lowest BCUT2D eigenvalue weighted by molar-refractivity contribution is -0.192. The molecule has 0 radical (unpaired) electrons. The van der Waals surface area contributed by atoms with Crippen molar-refractivity contribution in [2.45, 2.75) is 37.5 Å². The van der Waals surface area contributed by atoms with Gasteiger partial charge in [-0.3, -0.25) is 24.2 Å². The minimum Gasteiger partial charge on any atom is -0.496 e. The number of nitrogens with zero attached hydrogens (tertiary/aromatic N) is 2. The molecular formula is C28H27Cl2F3N2O7. The molecule has 1 N–H and O–H groups in total. The van der Waals surface area contributed by atoms with Gasteiger partial charge in [0, 0.05) is 18.2 Å². The lowest BCUT2D eigenvalue weighted by Gasteiger charge is -2.36. The van der Waals surface area contributed by atoms with E-state index in [1.54, 1.807) is 26.2 Å². The largest absolute Gasteiger partial charge is 0.496 e. The highest BCUT2D eigenvalue weighted by Crippen LogP contribution is 2.59. The molecule has 2 aromatic rings. The molecule has 0 saturated carbocycles. The Morgan fingerprint density at radius 2 is 1.74 bits per heavy atom. The van der Waals surface area contributed by atoms with Crippen molar-refractivity contribution in [1.29, 1.82) is 0 Å². The maximum atomic E-state index is 13.5. The molecule has 2 aromatic carbocycles. The predicted octanol–water partition coefficient (Wildman–Crippen LogP) is 4.99. The van der Waals surface area contributed by atoms with E-state index in [0.29, 0.717) is 28.8 Å². The second-order valence-corrected chi connectivity index (χ2v) is 10.8. The number of carboxylic acid groups (broad SMARTS) is 1. The summed E-state index contributed by atoms with van der Waals surface area (Å²) in [6.45, 7) is 2.64. The van der Waals surface area contributed by atoms with Gasteiger partial charge in [0.1, 0.15) is 11.3 Å². The minimum absolute atomic E-state index is 0.238. The van der Waals surface area contributed by atoms with Crippen molar-refractivity contribution in [1.82, 2.24) is 9.80 Å². The monoisotopic (exact) mass is 630 g/mol. The van der Waals surface area contributed by atoms with E-state index >= 15 is 0 Å². The molecule has 0 spiro atoms. The van der Waals surface area contributed by atoms with Crippen LogP contribution in [0.1, 0.15) is 31.4 Å². The zero-order valence-electron chi connectivity index (χ0n) is 22.7. The average molecular weight is 631 g/mol. The van der Waals surface area contributed by atoms with Crippen LogP contribution in [0.3, 0.4) is 0 Å². The Labute approximate surface area is 249 Å². The summed E-state index contributed by atoms with van der Waals surface area (Å²) in [6.07, 6.45) is -3.87. The molecule has 3 aliphatic rings. The van der Waals surface area contributed by atoms with Crippen molar-refractivity contribution in [3.05, 3.63) is 52.0 Å². The first-order chi connectivity index (χ1) is 19.7. The number of alkyl halides is 3. The van der Waals surface area contributed by atoms with Crippen LogP contribution in [0.25, 0.3) is 11.1 Å². The Morgan fingerprint density at radius 1 is 1.07 bits per heavy atom. The third kappa shape index (κ3) is 5.09. The van der Waals surface area contributed by atoms with E-state index in [1.165, 1.54) is 12.0 Å². The third-order valence-electron chi connectivity index (χ3n) is 8.00. The van der Waals surface area contributed by atoms with Gasteiger partial charge in [0.25, 0.3) is 0 Å². The number of aliphatic carboxylic acids is 1. The quantitative estimate of drug-likeness (QED) is 0.363. The molecule has 2 amide bonds. The number of hydrogen-bond donors (Lipinski definition) is 1. The lowest BCUT2D eigenvalue weighted by Crippen LogP contribution is -2.54. The molecule has 3 fully saturated rings. The number of likely N-dealkylation sites (tertiary alicyclic amines) is 1. The minimum atomic E-state index is -5.08. The Kier molecular flexibility index (Phi) is 8.82. The van der Waals surface area contributed by atoms with E-state index in [1.807, 2.05) is 29.2 Å². The molecule has 3 saturated heterocycles. The highest BCUT2D eigenvalue weighted by molar-refractivity contribution is 6.42. The highest BCUT2D eigenvalue weighted by Gasteiger charge is 2.73. The maximum absolute atomic E-state index is 13.5. The third-order valence-corrected chi connectivity index (χ3v) is 8.74. The maximum Gasteiger partial charge on any atom is 0.490 e. The molecule has 14 heteroatoms. The first kappa shape index (κ1) is 31.6. The van der Waals surface area contributed by atoms with Crippen LogP contribution in [-0.4, -0.2) is 77.7 Å². The van der Waals surface area contributed by atoms with Crippen LogP contribution in [0.2, 0.25) is 10.0 Å². The van der Waals surface area contributed by atoms with E-state index in [-0.39, 0.29) is 18.4 Å². The molecule has 5 rings (SSSR count). The van der Waals surface area contributed by atoms with Gasteiger partial charge in [-0.05, 0) is 55.6 Å². The number of benzene rings is 2. The second kappa shape index (κ2) is 11.7. The topological polar surface area (TPSA) is 113 Å². The van der Waals surface area contributed by atoms with Gasteiger partial charge in [-0.15, -0.1) is 0 Å². The molecular weight excluding hydrogens is 604 g/mol. The molecule has 42 heavy (non-hydrogen) atoms. The second-order valence-electron chi connectivity index (χ2n) is 9.97. The van der Waals surface area contributed by atoms with Crippen LogP contribution >= 0.6 is 23.2 Å². The van der Waals surface area contributed by atoms with Gasteiger partial charge >= 0.3 is 18.1 Å². The molecule has 0 unspecified atom stereocenters. The number of carbonyl (C=O) groups is 4. The van der Waals surface area contributed by atoms with Crippen LogP contribution in [0, 0.1) is 11.8 Å². The molecule has 3 heterocycles. The summed E-state index contributed by atoms with van der Waals surface area (Å²) in [7, 11) is 2.92. The Hall–Kier alpha value is -3.35. The van der Waals surface area contributed by atoms with E-state index in [4.69, 9.17) is 42.6 Å². The number of rotatable bonds is 5. The zero-order chi connectivity index (χ0) is 31.1. The summed E-state index contributed by atoms with van der Waals surface area (Å²) in [5.74, 6) is -4.58. The summed E-state index contributed by atoms with van der Waals surface area (Å²) >= 11 is 12.3. The molecule has 3 aliphatic heterocycles. The number of ether oxygens (including phenoxy) is 2. The summed E-state index contributed by atoms with van der Waals surface area (Å²) in [5.41, 5.74) is 1.32. The van der Waals surface area contributed by atoms with E-state index < -0.39 is 41.5 Å². The van der Waals surface area contributed by atoms with Crippen LogP contribution < -0.4 is 4.74 Å². The number of halogens is 5. The molecule has 9 nitrogen and oxygen atoms in total. The normalized spacial score (nSPS) is 25.0. The molecule has 226 valence electrons. The summed E-state index contributed by atoms with van der Waals surface area (Å²) in [4.78, 5) is 52.3. The van der Waals surface area contributed by atoms with E-state index in [2.05, 4.69) is 0 Å². The Balaban J connectivity index is 0.000000517. The fourth-order valence-corrected chi connectivity index (χ4v) is 6.66. The van der Waals surface area contributed by atoms with Crippen molar-refractivity contribution in [2.24, 2.45) is 11.8 Å².